The molecule has 7 nitrogen and oxygen atoms in total. The fourth-order valence-corrected chi connectivity index (χ4v) is 4.51. The van der Waals surface area contributed by atoms with Crippen molar-refractivity contribution in [2.45, 2.75) is 32.7 Å². The maximum absolute atomic E-state index is 12.6. The molecule has 148 valence electrons. The standard InChI is InChI=1S/C19H28N4O3S/c1-3-20-19(22-8-4-14(5-9-22)18(25)26-2)21-12-17(24)23-10-6-16-15(13-23)7-11-27-16/h7,11,14H,3-6,8-10,12-13H2,1-2H3,(H,20,21). The lowest BCUT2D eigenvalue weighted by Gasteiger charge is -2.33. The number of carbonyl (C=O) groups excluding carboxylic acids is 2. The van der Waals surface area contributed by atoms with Crippen LogP contribution in [-0.2, 0) is 27.3 Å². The Morgan fingerprint density at radius 3 is 2.78 bits per heavy atom. The van der Waals surface area contributed by atoms with Crippen molar-refractivity contribution in [1.29, 1.82) is 0 Å². The van der Waals surface area contributed by atoms with Gasteiger partial charge in [-0.25, -0.2) is 4.99 Å². The first kappa shape index (κ1) is 19.7. The molecule has 1 amide bonds. The van der Waals surface area contributed by atoms with Gasteiger partial charge in [-0.05, 0) is 43.2 Å². The van der Waals surface area contributed by atoms with Crippen molar-refractivity contribution in [3.8, 4) is 0 Å². The number of nitrogens with zero attached hydrogens (tertiary/aromatic N) is 3. The van der Waals surface area contributed by atoms with Crippen LogP contribution in [-0.4, -0.2) is 67.5 Å². The number of amides is 1. The molecule has 0 radical (unpaired) electrons. The minimum absolute atomic E-state index is 0.0380. The van der Waals surface area contributed by atoms with Gasteiger partial charge in [0.1, 0.15) is 6.54 Å². The van der Waals surface area contributed by atoms with Crippen LogP contribution in [0.2, 0.25) is 0 Å². The number of esters is 1. The van der Waals surface area contributed by atoms with E-state index in [-0.39, 0.29) is 24.3 Å². The second kappa shape index (κ2) is 9.21. The smallest absolute Gasteiger partial charge is 0.308 e. The van der Waals surface area contributed by atoms with Crippen LogP contribution in [0, 0.1) is 5.92 Å². The average molecular weight is 393 g/mol. The number of rotatable bonds is 4. The van der Waals surface area contributed by atoms with Crippen LogP contribution in [0.3, 0.4) is 0 Å². The summed E-state index contributed by atoms with van der Waals surface area (Å²) < 4.78 is 4.85. The molecule has 0 spiro atoms. The quantitative estimate of drug-likeness (QED) is 0.477. The number of nitrogens with one attached hydrogen (secondary N) is 1. The Labute approximate surface area is 164 Å². The van der Waals surface area contributed by atoms with Crippen LogP contribution >= 0.6 is 11.3 Å². The minimum Gasteiger partial charge on any atom is -0.469 e. The summed E-state index contributed by atoms with van der Waals surface area (Å²) in [5.41, 5.74) is 1.26. The third-order valence-electron chi connectivity index (χ3n) is 5.19. The average Bonchev–Trinajstić information content (AvgIpc) is 3.18. The number of hydrogen-bond acceptors (Lipinski definition) is 5. The zero-order chi connectivity index (χ0) is 19.2. The second-order valence-electron chi connectivity index (χ2n) is 6.89. The minimum atomic E-state index is -0.135. The van der Waals surface area contributed by atoms with E-state index in [0.29, 0.717) is 6.54 Å². The van der Waals surface area contributed by atoms with Crippen LogP contribution in [0.25, 0.3) is 0 Å². The predicted molar refractivity (Wildman–Crippen MR) is 106 cm³/mol. The van der Waals surface area contributed by atoms with E-state index in [1.807, 2.05) is 11.8 Å². The highest BCUT2D eigenvalue weighted by molar-refractivity contribution is 7.10. The molecule has 0 aliphatic carbocycles. The molecule has 1 N–H and O–H groups in total. The molecule has 0 bridgehead atoms. The lowest BCUT2D eigenvalue weighted by Crippen LogP contribution is -2.47. The van der Waals surface area contributed by atoms with E-state index in [9.17, 15) is 9.59 Å². The zero-order valence-corrected chi connectivity index (χ0v) is 16.9. The van der Waals surface area contributed by atoms with Gasteiger partial charge in [-0.3, -0.25) is 9.59 Å². The Bertz CT molecular complexity index is 695. The largest absolute Gasteiger partial charge is 0.469 e. The number of guanidine groups is 1. The van der Waals surface area contributed by atoms with E-state index in [4.69, 9.17) is 4.74 Å². The Balaban J connectivity index is 1.56. The summed E-state index contributed by atoms with van der Waals surface area (Å²) in [6, 6.07) is 2.11. The van der Waals surface area contributed by atoms with Crippen molar-refractivity contribution in [3.63, 3.8) is 0 Å². The molecule has 0 unspecified atom stereocenters. The van der Waals surface area contributed by atoms with Crippen molar-refractivity contribution in [2.75, 3.05) is 39.8 Å². The summed E-state index contributed by atoms with van der Waals surface area (Å²) in [5, 5.41) is 5.37. The highest BCUT2D eigenvalue weighted by Crippen LogP contribution is 2.24. The summed E-state index contributed by atoms with van der Waals surface area (Å²) in [6.07, 6.45) is 2.43. The molecule has 1 aromatic heterocycles. The van der Waals surface area contributed by atoms with Gasteiger partial charge in [0, 0.05) is 37.6 Å². The molecular formula is C19H28N4O3S. The number of hydrogen-bond donors (Lipinski definition) is 1. The number of methoxy groups -OCH3 is 1. The summed E-state index contributed by atoms with van der Waals surface area (Å²) in [4.78, 5) is 34.3. The third-order valence-corrected chi connectivity index (χ3v) is 6.21. The number of piperidine rings is 1. The van der Waals surface area contributed by atoms with E-state index in [1.165, 1.54) is 17.6 Å². The number of ether oxygens (including phenoxy) is 1. The highest BCUT2D eigenvalue weighted by atomic mass is 32.1. The Hall–Kier alpha value is -2.09. The van der Waals surface area contributed by atoms with E-state index in [1.54, 1.807) is 11.3 Å². The molecule has 0 saturated carbocycles. The van der Waals surface area contributed by atoms with E-state index >= 15 is 0 Å². The van der Waals surface area contributed by atoms with Gasteiger partial charge in [0.25, 0.3) is 0 Å². The molecule has 1 saturated heterocycles. The number of carbonyl (C=O) groups is 2. The first-order valence-corrected chi connectivity index (χ1v) is 10.4. The molecule has 1 fully saturated rings. The van der Waals surface area contributed by atoms with Gasteiger partial charge in [0.05, 0.1) is 13.0 Å². The maximum Gasteiger partial charge on any atom is 0.308 e. The Morgan fingerprint density at radius 1 is 1.30 bits per heavy atom. The molecule has 2 aliphatic heterocycles. The SMILES string of the molecule is CCNC(=NCC(=O)N1CCc2sccc2C1)N1CCC(C(=O)OC)CC1. The third kappa shape index (κ3) is 4.80. The Morgan fingerprint density at radius 2 is 2.07 bits per heavy atom. The number of fused-ring (bicyclic) bond motifs is 1. The summed E-state index contributed by atoms with van der Waals surface area (Å²) in [7, 11) is 1.44. The van der Waals surface area contributed by atoms with Crippen LogP contribution in [0.15, 0.2) is 16.4 Å². The fraction of sp³-hybridized carbons (Fsp3) is 0.632. The van der Waals surface area contributed by atoms with Gasteiger partial charge in [-0.15, -0.1) is 11.3 Å². The molecule has 3 rings (SSSR count). The van der Waals surface area contributed by atoms with Gasteiger partial charge < -0.3 is 19.9 Å². The molecule has 27 heavy (non-hydrogen) atoms. The highest BCUT2D eigenvalue weighted by Gasteiger charge is 2.27. The zero-order valence-electron chi connectivity index (χ0n) is 16.1. The summed E-state index contributed by atoms with van der Waals surface area (Å²) in [5.74, 6) is 0.641. The van der Waals surface area contributed by atoms with Crippen LogP contribution < -0.4 is 5.32 Å². The monoisotopic (exact) mass is 392 g/mol. The van der Waals surface area contributed by atoms with E-state index < -0.39 is 0 Å². The van der Waals surface area contributed by atoms with Crippen molar-refractivity contribution in [2.24, 2.45) is 10.9 Å². The maximum atomic E-state index is 12.6. The predicted octanol–water partition coefficient (Wildman–Crippen LogP) is 1.48. The lowest BCUT2D eigenvalue weighted by molar-refractivity contribution is -0.146. The molecule has 3 heterocycles. The van der Waals surface area contributed by atoms with Crippen molar-refractivity contribution < 1.29 is 14.3 Å². The lowest BCUT2D eigenvalue weighted by atomic mass is 9.97. The molecular weight excluding hydrogens is 364 g/mol. The van der Waals surface area contributed by atoms with Gasteiger partial charge in [-0.1, -0.05) is 0 Å². The Kier molecular flexibility index (Phi) is 6.71. The molecule has 0 aromatic carbocycles. The first-order valence-electron chi connectivity index (χ1n) is 9.56. The van der Waals surface area contributed by atoms with E-state index in [0.717, 1.165) is 51.4 Å². The van der Waals surface area contributed by atoms with Crippen LogP contribution in [0.1, 0.15) is 30.2 Å². The van der Waals surface area contributed by atoms with Crippen molar-refractivity contribution in [1.82, 2.24) is 15.1 Å². The fourth-order valence-electron chi connectivity index (χ4n) is 3.62. The number of aliphatic imine (C=N–C) groups is 1. The number of thiophene rings is 1. The van der Waals surface area contributed by atoms with Crippen molar-refractivity contribution >= 4 is 29.2 Å². The van der Waals surface area contributed by atoms with Gasteiger partial charge in [0.2, 0.25) is 5.91 Å². The normalized spacial score (nSPS) is 18.2. The van der Waals surface area contributed by atoms with Crippen LogP contribution in [0.4, 0.5) is 0 Å². The number of likely N-dealkylation sites (tertiary alicyclic amines) is 1. The van der Waals surface area contributed by atoms with Gasteiger partial charge >= 0.3 is 5.97 Å². The van der Waals surface area contributed by atoms with Gasteiger partial charge in [-0.2, -0.15) is 0 Å². The van der Waals surface area contributed by atoms with Crippen LogP contribution in [0.5, 0.6) is 0 Å². The van der Waals surface area contributed by atoms with Crippen molar-refractivity contribution in [3.05, 3.63) is 21.9 Å². The first-order chi connectivity index (χ1) is 13.1. The topological polar surface area (TPSA) is 74.2 Å². The second-order valence-corrected chi connectivity index (χ2v) is 7.89. The van der Waals surface area contributed by atoms with E-state index in [2.05, 4.69) is 26.7 Å². The molecule has 8 heteroatoms. The molecule has 1 aromatic rings. The summed E-state index contributed by atoms with van der Waals surface area (Å²) in [6.45, 7) is 5.84. The summed E-state index contributed by atoms with van der Waals surface area (Å²) >= 11 is 1.77. The molecule has 2 aliphatic rings. The molecule has 0 atom stereocenters. The van der Waals surface area contributed by atoms with Gasteiger partial charge in [0.15, 0.2) is 5.96 Å².